The number of amides is 1. The lowest BCUT2D eigenvalue weighted by molar-refractivity contribution is 0.0935. The van der Waals surface area contributed by atoms with Crippen LogP contribution in [0.15, 0.2) is 48.5 Å². The first kappa shape index (κ1) is 15.4. The fraction of sp³-hybridized carbons (Fsp3) is 0.188. The van der Waals surface area contributed by atoms with E-state index in [1.54, 1.807) is 0 Å². The van der Waals surface area contributed by atoms with Crippen molar-refractivity contribution in [3.05, 3.63) is 71.3 Å². The highest BCUT2D eigenvalue weighted by atomic mass is 35.5. The van der Waals surface area contributed by atoms with Crippen LogP contribution in [0, 0.1) is 11.6 Å². The third kappa shape index (κ3) is 4.02. The molecule has 1 unspecified atom stereocenters. The van der Waals surface area contributed by atoms with Gasteiger partial charge in [0.05, 0.1) is 5.56 Å². The molecular weight excluding hydrogens is 296 g/mol. The molecule has 0 saturated heterocycles. The van der Waals surface area contributed by atoms with Gasteiger partial charge in [0, 0.05) is 11.9 Å². The Balaban J connectivity index is 2.08. The third-order valence-corrected chi connectivity index (χ3v) is 3.42. The maximum Gasteiger partial charge on any atom is 0.254 e. The van der Waals surface area contributed by atoms with Gasteiger partial charge >= 0.3 is 0 Å². The van der Waals surface area contributed by atoms with Crippen LogP contribution in [0.25, 0.3) is 0 Å². The molecule has 1 amide bonds. The number of carbonyl (C=O) groups is 1. The summed E-state index contributed by atoms with van der Waals surface area (Å²) in [5.41, 5.74) is 0.682. The van der Waals surface area contributed by atoms with E-state index in [0.29, 0.717) is 6.42 Å². The van der Waals surface area contributed by atoms with Gasteiger partial charge in [0.1, 0.15) is 0 Å². The Morgan fingerprint density at radius 1 is 1.10 bits per heavy atom. The molecule has 21 heavy (non-hydrogen) atoms. The Kier molecular flexibility index (Phi) is 5.28. The summed E-state index contributed by atoms with van der Waals surface area (Å²) in [7, 11) is 0. The van der Waals surface area contributed by atoms with Crippen LogP contribution in [0.4, 0.5) is 8.78 Å². The Labute approximate surface area is 126 Å². The molecule has 5 heteroatoms. The minimum atomic E-state index is -1.15. The molecule has 2 rings (SSSR count). The molecule has 1 atom stereocenters. The zero-order chi connectivity index (χ0) is 15.2. The first-order valence-corrected chi connectivity index (χ1v) is 7.00. The molecule has 0 spiro atoms. The van der Waals surface area contributed by atoms with E-state index in [1.165, 1.54) is 12.1 Å². The summed E-state index contributed by atoms with van der Waals surface area (Å²) in [6.07, 6.45) is 0.521. The van der Waals surface area contributed by atoms with Gasteiger partial charge in [0.2, 0.25) is 0 Å². The lowest BCUT2D eigenvalue weighted by Gasteiger charge is -2.16. The SMILES string of the molecule is O=C(NC(CCl)Cc1ccccc1)c1cccc(F)c1F. The van der Waals surface area contributed by atoms with Crippen molar-refractivity contribution in [1.29, 1.82) is 0 Å². The predicted molar refractivity (Wildman–Crippen MR) is 78.5 cm³/mol. The summed E-state index contributed by atoms with van der Waals surface area (Å²) in [6, 6.07) is 12.6. The molecule has 0 bridgehead atoms. The fourth-order valence-electron chi connectivity index (χ4n) is 1.99. The number of hydrogen-bond acceptors (Lipinski definition) is 1. The van der Waals surface area contributed by atoms with Crippen molar-refractivity contribution >= 4 is 17.5 Å². The maximum absolute atomic E-state index is 13.6. The van der Waals surface area contributed by atoms with Crippen molar-refractivity contribution in [3.63, 3.8) is 0 Å². The topological polar surface area (TPSA) is 29.1 Å². The molecule has 1 N–H and O–H groups in total. The zero-order valence-electron chi connectivity index (χ0n) is 11.2. The van der Waals surface area contributed by atoms with Gasteiger partial charge in [-0.25, -0.2) is 8.78 Å². The molecule has 2 nitrogen and oxygen atoms in total. The number of rotatable bonds is 5. The van der Waals surface area contributed by atoms with Gasteiger partial charge in [-0.3, -0.25) is 4.79 Å². The molecule has 0 fully saturated rings. The number of nitrogens with one attached hydrogen (secondary N) is 1. The molecule has 0 aliphatic rings. The average molecular weight is 310 g/mol. The first-order chi connectivity index (χ1) is 10.1. The molecule has 2 aromatic carbocycles. The van der Waals surface area contributed by atoms with E-state index in [-0.39, 0.29) is 17.5 Å². The van der Waals surface area contributed by atoms with E-state index in [2.05, 4.69) is 5.32 Å². The fourth-order valence-corrected chi connectivity index (χ4v) is 2.17. The van der Waals surface area contributed by atoms with E-state index in [1.807, 2.05) is 30.3 Å². The summed E-state index contributed by atoms with van der Waals surface area (Å²) in [5.74, 6) is -2.69. The average Bonchev–Trinajstić information content (AvgIpc) is 2.50. The number of hydrogen-bond donors (Lipinski definition) is 1. The van der Waals surface area contributed by atoms with Crippen molar-refractivity contribution in [1.82, 2.24) is 5.32 Å². The second-order valence-electron chi connectivity index (χ2n) is 4.62. The number of halogens is 3. The van der Waals surface area contributed by atoms with Crippen molar-refractivity contribution in [2.75, 3.05) is 5.88 Å². The predicted octanol–water partition coefficient (Wildman–Crippen LogP) is 3.54. The van der Waals surface area contributed by atoms with Gasteiger partial charge in [-0.05, 0) is 24.1 Å². The summed E-state index contributed by atoms with van der Waals surface area (Å²) < 4.78 is 26.7. The number of benzene rings is 2. The van der Waals surface area contributed by atoms with Gasteiger partial charge in [-0.2, -0.15) is 0 Å². The van der Waals surface area contributed by atoms with Crippen LogP contribution in [0.1, 0.15) is 15.9 Å². The maximum atomic E-state index is 13.6. The highest BCUT2D eigenvalue weighted by Crippen LogP contribution is 2.12. The standard InChI is InChI=1S/C16H14ClF2NO/c17-10-12(9-11-5-2-1-3-6-11)20-16(21)13-7-4-8-14(18)15(13)19/h1-8,12H,9-10H2,(H,20,21). The Morgan fingerprint density at radius 3 is 2.48 bits per heavy atom. The molecular formula is C16H14ClF2NO. The smallest absolute Gasteiger partial charge is 0.254 e. The lowest BCUT2D eigenvalue weighted by atomic mass is 10.1. The van der Waals surface area contributed by atoms with Crippen molar-refractivity contribution in [3.8, 4) is 0 Å². The van der Waals surface area contributed by atoms with Crippen molar-refractivity contribution in [2.45, 2.75) is 12.5 Å². The highest BCUT2D eigenvalue weighted by molar-refractivity contribution is 6.18. The van der Waals surface area contributed by atoms with Crippen LogP contribution in [-0.4, -0.2) is 17.8 Å². The summed E-state index contributed by atoms with van der Waals surface area (Å²) in [5, 5.41) is 2.62. The summed E-state index contributed by atoms with van der Waals surface area (Å²) in [6.45, 7) is 0. The second kappa shape index (κ2) is 7.18. The van der Waals surface area contributed by atoms with E-state index < -0.39 is 17.5 Å². The molecule has 0 radical (unpaired) electrons. The van der Waals surface area contributed by atoms with Crippen LogP contribution in [0.2, 0.25) is 0 Å². The second-order valence-corrected chi connectivity index (χ2v) is 4.92. The number of alkyl halides is 1. The lowest BCUT2D eigenvalue weighted by Crippen LogP contribution is -2.38. The van der Waals surface area contributed by atoms with E-state index in [0.717, 1.165) is 11.6 Å². The Bertz CT molecular complexity index is 619. The largest absolute Gasteiger partial charge is 0.348 e. The third-order valence-electron chi connectivity index (χ3n) is 3.04. The first-order valence-electron chi connectivity index (χ1n) is 6.46. The van der Waals surface area contributed by atoms with Crippen LogP contribution in [0.5, 0.6) is 0 Å². The van der Waals surface area contributed by atoms with Crippen molar-refractivity contribution < 1.29 is 13.6 Å². The quantitative estimate of drug-likeness (QED) is 0.841. The minimum absolute atomic E-state index is 0.178. The molecule has 110 valence electrons. The van der Waals surface area contributed by atoms with E-state index >= 15 is 0 Å². The monoisotopic (exact) mass is 309 g/mol. The van der Waals surface area contributed by atoms with Gasteiger partial charge in [0.15, 0.2) is 11.6 Å². The van der Waals surface area contributed by atoms with Crippen molar-refractivity contribution in [2.24, 2.45) is 0 Å². The molecule has 2 aromatic rings. The zero-order valence-corrected chi connectivity index (χ0v) is 11.9. The van der Waals surface area contributed by atoms with Gasteiger partial charge in [0.25, 0.3) is 5.91 Å². The van der Waals surface area contributed by atoms with Gasteiger partial charge in [-0.1, -0.05) is 36.4 Å². The van der Waals surface area contributed by atoms with E-state index in [9.17, 15) is 13.6 Å². The Morgan fingerprint density at radius 2 is 1.81 bits per heavy atom. The molecule has 0 aliphatic heterocycles. The van der Waals surface area contributed by atoms with Crippen LogP contribution in [0.3, 0.4) is 0 Å². The molecule has 0 heterocycles. The molecule has 0 aromatic heterocycles. The van der Waals surface area contributed by atoms with Crippen LogP contribution < -0.4 is 5.32 Å². The summed E-state index contributed by atoms with van der Waals surface area (Å²) in [4.78, 5) is 12.0. The molecule has 0 aliphatic carbocycles. The van der Waals surface area contributed by atoms with Crippen LogP contribution >= 0.6 is 11.6 Å². The highest BCUT2D eigenvalue weighted by Gasteiger charge is 2.18. The summed E-state index contributed by atoms with van der Waals surface area (Å²) >= 11 is 5.84. The normalized spacial score (nSPS) is 12.0. The van der Waals surface area contributed by atoms with Crippen LogP contribution in [-0.2, 0) is 6.42 Å². The minimum Gasteiger partial charge on any atom is -0.348 e. The number of carbonyl (C=O) groups excluding carboxylic acids is 1. The van der Waals surface area contributed by atoms with Gasteiger partial charge in [-0.15, -0.1) is 11.6 Å². The Hall–Kier alpha value is -1.94. The molecule has 0 saturated carbocycles. The van der Waals surface area contributed by atoms with E-state index in [4.69, 9.17) is 11.6 Å². The van der Waals surface area contributed by atoms with Gasteiger partial charge < -0.3 is 5.32 Å².